The van der Waals surface area contributed by atoms with Crippen LogP contribution in [0.4, 0.5) is 0 Å². The van der Waals surface area contributed by atoms with Crippen molar-refractivity contribution >= 4 is 17.7 Å². The average molecular weight is 312 g/mol. The van der Waals surface area contributed by atoms with Crippen molar-refractivity contribution in [3.63, 3.8) is 0 Å². The van der Waals surface area contributed by atoms with Gasteiger partial charge in [-0.2, -0.15) is 0 Å². The van der Waals surface area contributed by atoms with Gasteiger partial charge in [-0.05, 0) is 6.92 Å². The fourth-order valence-corrected chi connectivity index (χ4v) is 3.03. The molecule has 0 spiro atoms. The van der Waals surface area contributed by atoms with Crippen LogP contribution in [0.15, 0.2) is 47.7 Å². The summed E-state index contributed by atoms with van der Waals surface area (Å²) in [7, 11) is 0. The number of benzene rings is 1. The summed E-state index contributed by atoms with van der Waals surface area (Å²) in [6.07, 6.45) is 1.18. The molecule has 1 aromatic carbocycles. The Labute approximate surface area is 131 Å². The first kappa shape index (κ1) is 13.8. The molecular weight excluding hydrogens is 300 g/mol. The molecule has 3 atom stereocenters. The summed E-state index contributed by atoms with van der Waals surface area (Å²) in [4.78, 5) is 35.8. The Morgan fingerprint density at radius 1 is 1.09 bits per heavy atom. The summed E-state index contributed by atoms with van der Waals surface area (Å²) in [5.74, 6) is -1.93. The number of cyclic esters (lactones) is 1. The van der Waals surface area contributed by atoms with Crippen molar-refractivity contribution in [2.24, 2.45) is 5.92 Å². The molecule has 1 aromatic rings. The first-order valence-corrected chi connectivity index (χ1v) is 7.15. The second kappa shape index (κ2) is 4.81. The molecule has 3 aliphatic rings. The molecule has 23 heavy (non-hydrogen) atoms. The van der Waals surface area contributed by atoms with Gasteiger partial charge in [0.2, 0.25) is 0 Å². The van der Waals surface area contributed by atoms with E-state index in [1.54, 1.807) is 31.2 Å². The molecule has 116 valence electrons. The second-order valence-electron chi connectivity index (χ2n) is 5.59. The van der Waals surface area contributed by atoms with Crippen molar-refractivity contribution in [2.45, 2.75) is 19.3 Å². The summed E-state index contributed by atoms with van der Waals surface area (Å²) in [5, 5.41) is 0. The van der Waals surface area contributed by atoms with Gasteiger partial charge in [-0.15, -0.1) is 0 Å². The maximum absolute atomic E-state index is 12.5. The zero-order valence-electron chi connectivity index (χ0n) is 12.1. The first-order chi connectivity index (χ1) is 11.1. The topological polar surface area (TPSA) is 78.9 Å². The molecule has 0 N–H and O–H groups in total. The highest BCUT2D eigenvalue weighted by Gasteiger charge is 2.51. The van der Waals surface area contributed by atoms with E-state index in [0.29, 0.717) is 16.7 Å². The van der Waals surface area contributed by atoms with E-state index in [1.165, 1.54) is 12.3 Å². The smallest absolute Gasteiger partial charge is 0.338 e. The Balaban J connectivity index is 1.61. The van der Waals surface area contributed by atoms with Gasteiger partial charge in [0.05, 0.1) is 17.8 Å². The third-order valence-electron chi connectivity index (χ3n) is 4.18. The Morgan fingerprint density at radius 2 is 1.87 bits per heavy atom. The van der Waals surface area contributed by atoms with Crippen LogP contribution in [0.2, 0.25) is 0 Å². The van der Waals surface area contributed by atoms with Crippen molar-refractivity contribution in [1.82, 2.24) is 0 Å². The van der Waals surface area contributed by atoms with Crippen LogP contribution in [0.1, 0.15) is 28.9 Å². The van der Waals surface area contributed by atoms with Crippen LogP contribution in [0, 0.1) is 5.92 Å². The van der Waals surface area contributed by atoms with Crippen molar-refractivity contribution in [3.05, 3.63) is 58.9 Å². The number of ketones is 1. The van der Waals surface area contributed by atoms with Gasteiger partial charge in [0.25, 0.3) is 6.29 Å². The summed E-state index contributed by atoms with van der Waals surface area (Å²) in [5.41, 5.74) is 1.85. The van der Waals surface area contributed by atoms with Gasteiger partial charge in [-0.3, -0.25) is 4.79 Å². The molecule has 0 aromatic heterocycles. The molecule has 0 amide bonds. The molecule has 2 aliphatic heterocycles. The Bertz CT molecular complexity index is 803. The largest absolute Gasteiger partial charge is 0.458 e. The van der Waals surface area contributed by atoms with Crippen LogP contribution in [0.5, 0.6) is 0 Å². The molecule has 1 aliphatic carbocycles. The highest BCUT2D eigenvalue weighted by Crippen LogP contribution is 2.47. The van der Waals surface area contributed by atoms with E-state index in [4.69, 9.17) is 14.2 Å². The third-order valence-corrected chi connectivity index (χ3v) is 4.18. The van der Waals surface area contributed by atoms with Gasteiger partial charge in [0, 0.05) is 22.8 Å². The van der Waals surface area contributed by atoms with Crippen LogP contribution >= 0.6 is 0 Å². The molecule has 6 heteroatoms. The lowest BCUT2D eigenvalue weighted by molar-refractivity contribution is -0.152. The van der Waals surface area contributed by atoms with E-state index in [9.17, 15) is 14.4 Å². The van der Waals surface area contributed by atoms with Gasteiger partial charge in [-0.1, -0.05) is 24.3 Å². The van der Waals surface area contributed by atoms with Gasteiger partial charge < -0.3 is 14.2 Å². The van der Waals surface area contributed by atoms with E-state index in [-0.39, 0.29) is 11.4 Å². The number of carbonyl (C=O) groups is 3. The molecule has 0 bridgehead atoms. The Morgan fingerprint density at radius 3 is 2.61 bits per heavy atom. The molecule has 0 saturated carbocycles. The molecule has 4 rings (SSSR count). The first-order valence-electron chi connectivity index (χ1n) is 7.15. The van der Waals surface area contributed by atoms with Crippen LogP contribution in [-0.4, -0.2) is 24.0 Å². The van der Waals surface area contributed by atoms with Crippen molar-refractivity contribution in [3.8, 4) is 0 Å². The maximum Gasteiger partial charge on any atom is 0.338 e. The van der Waals surface area contributed by atoms with Crippen LogP contribution in [-0.2, 0) is 23.8 Å². The average Bonchev–Trinajstić information content (AvgIpc) is 3.12. The number of esters is 2. The molecule has 1 saturated heterocycles. The highest BCUT2D eigenvalue weighted by atomic mass is 16.7. The minimum Gasteiger partial charge on any atom is -0.458 e. The maximum atomic E-state index is 12.5. The lowest BCUT2D eigenvalue weighted by atomic mass is 9.97. The predicted molar refractivity (Wildman–Crippen MR) is 75.9 cm³/mol. The summed E-state index contributed by atoms with van der Waals surface area (Å²) >= 11 is 0. The van der Waals surface area contributed by atoms with Gasteiger partial charge >= 0.3 is 11.9 Å². The zero-order valence-corrected chi connectivity index (χ0v) is 12.1. The number of hydrogen-bond donors (Lipinski definition) is 0. The number of rotatable bonds is 2. The van der Waals surface area contributed by atoms with Gasteiger partial charge in [-0.25, -0.2) is 9.59 Å². The van der Waals surface area contributed by atoms with Crippen molar-refractivity contribution in [2.75, 3.05) is 0 Å². The van der Waals surface area contributed by atoms with Crippen LogP contribution < -0.4 is 0 Å². The number of hydrogen-bond acceptors (Lipinski definition) is 6. The second-order valence-corrected chi connectivity index (χ2v) is 5.59. The molecule has 6 nitrogen and oxygen atoms in total. The number of Topliss-reactive ketones (excluding diaryl/α,β-unsaturated/α-hetero) is 1. The highest BCUT2D eigenvalue weighted by molar-refractivity contribution is 6.11. The van der Waals surface area contributed by atoms with E-state index in [1.807, 2.05) is 0 Å². The monoisotopic (exact) mass is 312 g/mol. The van der Waals surface area contributed by atoms with E-state index >= 15 is 0 Å². The lowest BCUT2D eigenvalue weighted by Gasteiger charge is -2.09. The molecule has 1 fully saturated rings. The van der Waals surface area contributed by atoms with Crippen molar-refractivity contribution in [1.29, 1.82) is 0 Å². The Hall–Kier alpha value is -2.89. The molecule has 0 radical (unpaired) electrons. The SMILES string of the molecule is CC1=C[C@@H](O/C=C2/C(=O)O[C@@H]3c4ccccc4C(=O)[C@H]23)OC1=O. The van der Waals surface area contributed by atoms with Crippen LogP contribution in [0.25, 0.3) is 0 Å². The minimum absolute atomic E-state index is 0.144. The fourth-order valence-electron chi connectivity index (χ4n) is 3.03. The quantitative estimate of drug-likeness (QED) is 0.471. The van der Waals surface area contributed by atoms with E-state index < -0.39 is 30.3 Å². The lowest BCUT2D eigenvalue weighted by Crippen LogP contribution is -2.14. The molecule has 0 unspecified atom stereocenters. The van der Waals surface area contributed by atoms with E-state index in [2.05, 4.69) is 0 Å². The summed E-state index contributed by atoms with van der Waals surface area (Å²) in [6, 6.07) is 7.06. The number of fused-ring (bicyclic) bond motifs is 3. The molecular formula is C17H12O6. The van der Waals surface area contributed by atoms with Crippen molar-refractivity contribution < 1.29 is 28.6 Å². The minimum atomic E-state index is -0.888. The predicted octanol–water partition coefficient (Wildman–Crippen LogP) is 1.83. The molecule has 2 heterocycles. The number of ether oxygens (including phenoxy) is 3. The van der Waals surface area contributed by atoms with Gasteiger partial charge in [0.1, 0.15) is 6.10 Å². The Kier molecular flexibility index (Phi) is 2.87. The standard InChI is InChI=1S/C17H12O6/c1-8-6-12(22-16(8)19)21-7-11-13-14(18)9-4-2-3-5-10(9)15(13)23-17(11)20/h2-7,12-13,15H,1H3/b11-7+/t12-,13-,15+/m0/s1. The van der Waals surface area contributed by atoms with E-state index in [0.717, 1.165) is 0 Å². The summed E-state index contributed by atoms with van der Waals surface area (Å²) in [6.45, 7) is 1.61. The van der Waals surface area contributed by atoms with Gasteiger partial charge in [0.15, 0.2) is 5.78 Å². The van der Waals surface area contributed by atoms with Crippen LogP contribution in [0.3, 0.4) is 0 Å². The number of carbonyl (C=O) groups excluding carboxylic acids is 3. The third kappa shape index (κ3) is 1.98. The zero-order chi connectivity index (χ0) is 16.1. The fraction of sp³-hybridized carbons (Fsp3) is 0.235. The normalized spacial score (nSPS) is 30.0. The summed E-state index contributed by atoms with van der Waals surface area (Å²) < 4.78 is 15.6.